The summed E-state index contributed by atoms with van der Waals surface area (Å²) in [5.74, 6) is -0.271. The van der Waals surface area contributed by atoms with Gasteiger partial charge >= 0.3 is 0 Å². The summed E-state index contributed by atoms with van der Waals surface area (Å²) in [6.45, 7) is 1.68. The van der Waals surface area contributed by atoms with Crippen molar-refractivity contribution in [3.63, 3.8) is 0 Å². The van der Waals surface area contributed by atoms with Crippen molar-refractivity contribution < 1.29 is 13.2 Å². The maximum Gasteiger partial charge on any atom is 0.265 e. The number of rotatable bonds is 4. The smallest absolute Gasteiger partial charge is 0.265 e. The van der Waals surface area contributed by atoms with E-state index in [2.05, 4.69) is 20.2 Å². The number of anilines is 1. The number of H-pyrrole nitrogens is 1. The SMILES string of the molecule is CNC(=O)c1cccc(NS(=O)(=O)c2cn[nH]c2)c1C. The molecule has 3 N–H and O–H groups in total. The zero-order chi connectivity index (χ0) is 14.8. The zero-order valence-corrected chi connectivity index (χ0v) is 11.8. The van der Waals surface area contributed by atoms with E-state index in [0.29, 0.717) is 16.8 Å². The molecule has 2 aromatic rings. The molecule has 0 spiro atoms. The largest absolute Gasteiger partial charge is 0.355 e. The number of aromatic amines is 1. The van der Waals surface area contributed by atoms with Crippen LogP contribution in [0.15, 0.2) is 35.5 Å². The van der Waals surface area contributed by atoms with Crippen molar-refractivity contribution in [1.29, 1.82) is 0 Å². The quantitative estimate of drug-likeness (QED) is 0.778. The van der Waals surface area contributed by atoms with Crippen molar-refractivity contribution in [2.75, 3.05) is 11.8 Å². The molecule has 0 bridgehead atoms. The predicted octanol–water partition coefficient (Wildman–Crippen LogP) is 0.879. The second-order valence-electron chi connectivity index (χ2n) is 4.10. The van der Waals surface area contributed by atoms with Crippen LogP contribution in [0.4, 0.5) is 5.69 Å². The van der Waals surface area contributed by atoms with Crippen molar-refractivity contribution in [2.45, 2.75) is 11.8 Å². The molecular weight excluding hydrogens is 280 g/mol. The molecule has 7 nitrogen and oxygen atoms in total. The first-order chi connectivity index (χ1) is 9.45. The molecule has 0 aliphatic rings. The topological polar surface area (TPSA) is 104 Å². The van der Waals surface area contributed by atoms with Crippen LogP contribution < -0.4 is 10.0 Å². The summed E-state index contributed by atoms with van der Waals surface area (Å²) in [5, 5.41) is 8.55. The van der Waals surface area contributed by atoms with E-state index in [1.54, 1.807) is 25.1 Å². The Hall–Kier alpha value is -2.35. The van der Waals surface area contributed by atoms with Gasteiger partial charge in [0.15, 0.2) is 0 Å². The normalized spacial score (nSPS) is 11.1. The maximum absolute atomic E-state index is 12.1. The van der Waals surface area contributed by atoms with Gasteiger partial charge in [-0.3, -0.25) is 14.6 Å². The molecule has 8 heteroatoms. The third-order valence-corrected chi connectivity index (χ3v) is 4.17. The van der Waals surface area contributed by atoms with E-state index in [1.807, 2.05) is 0 Å². The Labute approximate surface area is 116 Å². The van der Waals surface area contributed by atoms with E-state index < -0.39 is 10.0 Å². The van der Waals surface area contributed by atoms with Crippen molar-refractivity contribution >= 4 is 21.6 Å². The number of aromatic nitrogens is 2. The Morgan fingerprint density at radius 2 is 2.10 bits per heavy atom. The second kappa shape index (κ2) is 5.33. The highest BCUT2D eigenvalue weighted by Gasteiger charge is 2.18. The third kappa shape index (κ3) is 2.64. The molecule has 1 aromatic carbocycles. The Balaban J connectivity index is 2.38. The standard InChI is InChI=1S/C12H14N4O3S/c1-8-10(12(17)13-2)4-3-5-11(8)16-20(18,19)9-6-14-15-7-9/h3-7,16H,1-2H3,(H,13,17)(H,14,15). The molecule has 1 aromatic heterocycles. The third-order valence-electron chi connectivity index (χ3n) is 2.83. The lowest BCUT2D eigenvalue weighted by Crippen LogP contribution is -2.20. The Morgan fingerprint density at radius 3 is 2.70 bits per heavy atom. The van der Waals surface area contributed by atoms with E-state index in [-0.39, 0.29) is 10.8 Å². The summed E-state index contributed by atoms with van der Waals surface area (Å²) in [5.41, 5.74) is 1.33. The molecule has 0 aliphatic carbocycles. The Bertz CT molecular complexity index is 723. The molecular formula is C12H14N4O3S. The zero-order valence-electron chi connectivity index (χ0n) is 11.0. The summed E-state index contributed by atoms with van der Waals surface area (Å²) in [6, 6.07) is 4.84. The first kappa shape index (κ1) is 14.1. The van der Waals surface area contributed by atoms with Gasteiger partial charge in [-0.2, -0.15) is 5.10 Å². The van der Waals surface area contributed by atoms with Gasteiger partial charge in [0.25, 0.3) is 15.9 Å². The van der Waals surface area contributed by atoms with E-state index >= 15 is 0 Å². The van der Waals surface area contributed by atoms with Crippen molar-refractivity contribution in [3.8, 4) is 0 Å². The lowest BCUT2D eigenvalue weighted by molar-refractivity contribution is 0.0962. The molecule has 0 fully saturated rings. The molecule has 0 aliphatic heterocycles. The minimum Gasteiger partial charge on any atom is -0.355 e. The highest BCUT2D eigenvalue weighted by atomic mass is 32.2. The van der Waals surface area contributed by atoms with Crippen LogP contribution >= 0.6 is 0 Å². The fourth-order valence-corrected chi connectivity index (χ4v) is 2.74. The number of carbonyl (C=O) groups excluding carboxylic acids is 1. The minimum atomic E-state index is -3.72. The van der Waals surface area contributed by atoms with Gasteiger partial charge in [-0.05, 0) is 24.6 Å². The molecule has 2 rings (SSSR count). The van der Waals surface area contributed by atoms with Crippen molar-refractivity contribution in [2.24, 2.45) is 0 Å². The average molecular weight is 294 g/mol. The van der Waals surface area contributed by atoms with Gasteiger partial charge in [0.2, 0.25) is 0 Å². The number of benzene rings is 1. The predicted molar refractivity (Wildman–Crippen MR) is 74.0 cm³/mol. The van der Waals surface area contributed by atoms with Crippen molar-refractivity contribution in [1.82, 2.24) is 15.5 Å². The molecule has 0 unspecified atom stereocenters. The highest BCUT2D eigenvalue weighted by molar-refractivity contribution is 7.92. The number of amides is 1. The summed E-state index contributed by atoms with van der Waals surface area (Å²) in [4.78, 5) is 11.7. The molecule has 0 radical (unpaired) electrons. The van der Waals surface area contributed by atoms with E-state index in [1.165, 1.54) is 19.4 Å². The van der Waals surface area contributed by atoms with Crippen LogP contribution in [0.2, 0.25) is 0 Å². The van der Waals surface area contributed by atoms with Gasteiger partial charge in [-0.25, -0.2) is 8.42 Å². The number of sulfonamides is 1. The lowest BCUT2D eigenvalue weighted by Gasteiger charge is -2.12. The summed E-state index contributed by atoms with van der Waals surface area (Å²) in [7, 11) is -2.20. The number of nitrogens with one attached hydrogen (secondary N) is 3. The van der Waals surface area contributed by atoms with Gasteiger partial charge in [-0.1, -0.05) is 6.07 Å². The van der Waals surface area contributed by atoms with Crippen LogP contribution in [0.1, 0.15) is 15.9 Å². The minimum absolute atomic E-state index is 0.0299. The summed E-state index contributed by atoms with van der Waals surface area (Å²) < 4.78 is 26.6. The number of carbonyl (C=O) groups is 1. The van der Waals surface area contributed by atoms with Gasteiger partial charge in [0.1, 0.15) is 4.90 Å². The lowest BCUT2D eigenvalue weighted by atomic mass is 10.1. The first-order valence-corrected chi connectivity index (χ1v) is 7.27. The van der Waals surface area contributed by atoms with Crippen LogP contribution in [0, 0.1) is 6.92 Å². The van der Waals surface area contributed by atoms with E-state index in [4.69, 9.17) is 0 Å². The monoisotopic (exact) mass is 294 g/mol. The first-order valence-electron chi connectivity index (χ1n) is 5.79. The molecule has 1 heterocycles. The molecule has 20 heavy (non-hydrogen) atoms. The van der Waals surface area contributed by atoms with Gasteiger partial charge < -0.3 is 5.32 Å². The molecule has 0 saturated carbocycles. The molecule has 106 valence electrons. The summed E-state index contributed by atoms with van der Waals surface area (Å²) >= 11 is 0. The fourth-order valence-electron chi connectivity index (χ4n) is 1.72. The second-order valence-corrected chi connectivity index (χ2v) is 5.78. The molecule has 0 saturated heterocycles. The van der Waals surface area contributed by atoms with Crippen LogP contribution in [-0.4, -0.2) is 31.6 Å². The highest BCUT2D eigenvalue weighted by Crippen LogP contribution is 2.22. The summed E-state index contributed by atoms with van der Waals surface area (Å²) in [6.07, 6.45) is 2.49. The van der Waals surface area contributed by atoms with Gasteiger partial charge in [-0.15, -0.1) is 0 Å². The van der Waals surface area contributed by atoms with Crippen molar-refractivity contribution in [3.05, 3.63) is 41.7 Å². The van der Waals surface area contributed by atoms with Gasteiger partial charge in [0.05, 0.1) is 11.9 Å². The Kier molecular flexibility index (Phi) is 3.75. The van der Waals surface area contributed by atoms with Crippen LogP contribution in [-0.2, 0) is 10.0 Å². The Morgan fingerprint density at radius 1 is 1.35 bits per heavy atom. The van der Waals surface area contributed by atoms with Crippen LogP contribution in [0.5, 0.6) is 0 Å². The number of nitrogens with zero attached hydrogens (tertiary/aromatic N) is 1. The number of hydrogen-bond donors (Lipinski definition) is 3. The fraction of sp³-hybridized carbons (Fsp3) is 0.167. The van der Waals surface area contributed by atoms with Crippen LogP contribution in [0.3, 0.4) is 0 Å². The van der Waals surface area contributed by atoms with Gasteiger partial charge in [0, 0.05) is 18.8 Å². The maximum atomic E-state index is 12.1. The van der Waals surface area contributed by atoms with Crippen LogP contribution in [0.25, 0.3) is 0 Å². The molecule has 1 amide bonds. The average Bonchev–Trinajstić information content (AvgIpc) is 2.95. The van der Waals surface area contributed by atoms with E-state index in [0.717, 1.165) is 0 Å². The molecule has 0 atom stereocenters. The number of hydrogen-bond acceptors (Lipinski definition) is 4. The van der Waals surface area contributed by atoms with E-state index in [9.17, 15) is 13.2 Å².